The van der Waals surface area contributed by atoms with Crippen molar-refractivity contribution in [2.45, 2.75) is 0 Å². The summed E-state index contributed by atoms with van der Waals surface area (Å²) in [5, 5.41) is 8.36. The van der Waals surface area contributed by atoms with Gasteiger partial charge in [-0.3, -0.25) is 4.79 Å². The van der Waals surface area contributed by atoms with Crippen molar-refractivity contribution in [3.05, 3.63) is 34.2 Å². The Labute approximate surface area is 58.1 Å². The number of hydrogen-bond donors (Lipinski definition) is 0. The van der Waals surface area contributed by atoms with Gasteiger partial charge >= 0.3 is 0 Å². The fourth-order valence-electron chi connectivity index (χ4n) is 0.623. The predicted octanol–water partition coefficient (Wildman–Crippen LogP) is 0.0572. The molecule has 0 saturated heterocycles. The van der Waals surface area contributed by atoms with Crippen molar-refractivity contribution in [3.63, 3.8) is 0 Å². The van der Waals surface area contributed by atoms with Gasteiger partial charge in [-0.2, -0.15) is 5.26 Å². The second-order valence-corrected chi connectivity index (χ2v) is 1.88. The van der Waals surface area contributed by atoms with Gasteiger partial charge in [0, 0.05) is 19.3 Å². The molecular weight excluding hydrogens is 128 g/mol. The van der Waals surface area contributed by atoms with Crippen LogP contribution in [0.5, 0.6) is 0 Å². The summed E-state index contributed by atoms with van der Waals surface area (Å²) in [5.41, 5.74) is -0.147. The highest BCUT2D eigenvalue weighted by atomic mass is 16.1. The Balaban J connectivity index is 3.47. The lowest BCUT2D eigenvalue weighted by Crippen LogP contribution is -2.17. The summed E-state index contributed by atoms with van der Waals surface area (Å²) >= 11 is 0. The molecule has 1 aromatic rings. The van der Waals surface area contributed by atoms with Gasteiger partial charge in [0.2, 0.25) is 0 Å². The van der Waals surface area contributed by atoms with Crippen LogP contribution in [0.3, 0.4) is 0 Å². The molecule has 0 aliphatic heterocycles. The van der Waals surface area contributed by atoms with E-state index in [9.17, 15) is 4.79 Å². The monoisotopic (exact) mass is 133 g/mol. The van der Waals surface area contributed by atoms with Crippen LogP contribution in [-0.2, 0) is 7.05 Å². The Kier molecular flexibility index (Phi) is 1.55. The van der Waals surface area contributed by atoms with Crippen LogP contribution in [0.25, 0.3) is 0 Å². The molecule has 10 heavy (non-hydrogen) atoms. The zero-order valence-electron chi connectivity index (χ0n) is 5.46. The van der Waals surface area contributed by atoms with Crippen molar-refractivity contribution in [2.75, 3.05) is 0 Å². The Hall–Kier alpha value is -1.56. The lowest BCUT2D eigenvalue weighted by Gasteiger charge is -1.92. The number of aromatic nitrogens is 1. The largest absolute Gasteiger partial charge is 0.317 e. The molecule has 3 nitrogen and oxygen atoms in total. The van der Waals surface area contributed by atoms with Crippen molar-refractivity contribution < 1.29 is 0 Å². The third kappa shape index (κ3) is 0.914. The quantitative estimate of drug-likeness (QED) is 0.502. The molecule has 0 aliphatic carbocycles. The maximum absolute atomic E-state index is 10.9. The molecule has 1 radical (unpaired) electrons. The van der Waals surface area contributed by atoms with Crippen molar-refractivity contribution in [2.24, 2.45) is 7.05 Å². The Bertz CT molecular complexity index is 332. The molecule has 0 aromatic carbocycles. The molecule has 1 aromatic heterocycles. The van der Waals surface area contributed by atoms with Crippen molar-refractivity contribution in [3.8, 4) is 6.07 Å². The number of aryl methyl sites for hydroxylation is 1. The average Bonchev–Trinajstić information content (AvgIpc) is 1.95. The smallest absolute Gasteiger partial charge is 0.268 e. The number of hydrogen-bond acceptors (Lipinski definition) is 2. The summed E-state index contributed by atoms with van der Waals surface area (Å²) < 4.78 is 1.32. The minimum Gasteiger partial charge on any atom is -0.317 e. The number of nitriles is 1. The fourth-order valence-corrected chi connectivity index (χ4v) is 0.623. The highest BCUT2D eigenvalue weighted by molar-refractivity contribution is 5.24. The first kappa shape index (κ1) is 6.56. The van der Waals surface area contributed by atoms with Gasteiger partial charge in [0.15, 0.2) is 0 Å². The van der Waals surface area contributed by atoms with E-state index in [2.05, 4.69) is 6.07 Å². The van der Waals surface area contributed by atoms with E-state index in [-0.39, 0.29) is 11.1 Å². The van der Waals surface area contributed by atoms with Crippen LogP contribution >= 0.6 is 0 Å². The minimum absolute atomic E-state index is 0.130. The fraction of sp³-hybridized carbons (Fsp3) is 0.143. The van der Waals surface area contributed by atoms with Crippen molar-refractivity contribution in [1.82, 2.24) is 4.57 Å². The van der Waals surface area contributed by atoms with E-state index in [1.54, 1.807) is 13.1 Å². The van der Waals surface area contributed by atoms with E-state index >= 15 is 0 Å². The molecule has 0 aliphatic rings. The molecule has 0 saturated carbocycles. The maximum Gasteiger partial charge on any atom is 0.268 e. The standard InChI is InChI=1S/C7H5N2O/c1-9-4-2-3-6(5-8)7(9)10/h3-4H,1H3. The minimum atomic E-state index is -0.277. The van der Waals surface area contributed by atoms with Crippen LogP contribution in [0.4, 0.5) is 0 Å². The molecule has 0 N–H and O–H groups in total. The summed E-state index contributed by atoms with van der Waals surface area (Å²) in [5.74, 6) is 0. The first-order chi connectivity index (χ1) is 4.75. The molecule has 49 valence electrons. The Morgan fingerprint density at radius 1 is 1.80 bits per heavy atom. The average molecular weight is 133 g/mol. The molecule has 0 amide bonds. The first-order valence-corrected chi connectivity index (χ1v) is 2.72. The summed E-state index contributed by atoms with van der Waals surface area (Å²) in [6, 6.07) is 5.81. The van der Waals surface area contributed by atoms with Gasteiger partial charge < -0.3 is 4.57 Å². The molecule has 0 unspecified atom stereocenters. The molecule has 0 bridgehead atoms. The van der Waals surface area contributed by atoms with Gasteiger partial charge in [0.05, 0.1) is 0 Å². The topological polar surface area (TPSA) is 45.8 Å². The molecular formula is C7H5N2O. The van der Waals surface area contributed by atoms with E-state index in [1.165, 1.54) is 16.8 Å². The highest BCUT2D eigenvalue weighted by Gasteiger charge is 1.95. The van der Waals surface area contributed by atoms with E-state index < -0.39 is 0 Å². The molecule has 3 heteroatoms. The molecule has 1 rings (SSSR count). The van der Waals surface area contributed by atoms with Crippen LogP contribution in [0.2, 0.25) is 0 Å². The number of nitrogens with zero attached hydrogens (tertiary/aromatic N) is 2. The summed E-state index contributed by atoms with van der Waals surface area (Å²) in [6.07, 6.45) is 1.49. The van der Waals surface area contributed by atoms with Crippen LogP contribution in [0.15, 0.2) is 17.1 Å². The number of rotatable bonds is 0. The van der Waals surface area contributed by atoms with Gasteiger partial charge in [-0.25, -0.2) is 0 Å². The second-order valence-electron chi connectivity index (χ2n) is 1.88. The normalized spacial score (nSPS) is 8.80. The summed E-state index contributed by atoms with van der Waals surface area (Å²) in [7, 11) is 1.58. The van der Waals surface area contributed by atoms with Crippen LogP contribution < -0.4 is 5.56 Å². The molecule has 0 fully saturated rings. The zero-order valence-corrected chi connectivity index (χ0v) is 5.46. The van der Waals surface area contributed by atoms with Gasteiger partial charge in [0.1, 0.15) is 11.6 Å². The molecule has 0 spiro atoms. The molecule has 1 heterocycles. The molecule has 0 atom stereocenters. The zero-order chi connectivity index (χ0) is 7.56. The SMILES string of the molecule is Cn1c[c]cc(C#N)c1=O. The van der Waals surface area contributed by atoms with Gasteiger partial charge in [-0.15, -0.1) is 0 Å². The van der Waals surface area contributed by atoms with Crippen LogP contribution in [0.1, 0.15) is 5.56 Å². The summed E-state index contributed by atoms with van der Waals surface area (Å²) in [6.45, 7) is 0. The maximum atomic E-state index is 10.9. The highest BCUT2D eigenvalue weighted by Crippen LogP contribution is 1.84. The Morgan fingerprint density at radius 3 is 3.00 bits per heavy atom. The van der Waals surface area contributed by atoms with E-state index in [1.807, 2.05) is 0 Å². The third-order valence-corrected chi connectivity index (χ3v) is 1.17. The second kappa shape index (κ2) is 2.36. The number of pyridine rings is 1. The lowest BCUT2D eigenvalue weighted by atomic mass is 10.3. The first-order valence-electron chi connectivity index (χ1n) is 2.72. The van der Waals surface area contributed by atoms with Gasteiger partial charge in [-0.05, 0) is 6.07 Å². The van der Waals surface area contributed by atoms with Crippen LogP contribution in [-0.4, -0.2) is 4.57 Å². The van der Waals surface area contributed by atoms with Crippen molar-refractivity contribution in [1.29, 1.82) is 5.26 Å². The Morgan fingerprint density at radius 2 is 2.50 bits per heavy atom. The summed E-state index contributed by atoms with van der Waals surface area (Å²) in [4.78, 5) is 10.9. The predicted molar refractivity (Wildman–Crippen MR) is 35.2 cm³/mol. The van der Waals surface area contributed by atoms with E-state index in [0.717, 1.165) is 0 Å². The van der Waals surface area contributed by atoms with E-state index in [0.29, 0.717) is 0 Å². The van der Waals surface area contributed by atoms with Gasteiger partial charge in [0.25, 0.3) is 5.56 Å². The lowest BCUT2D eigenvalue weighted by molar-refractivity contribution is 0.854. The third-order valence-electron chi connectivity index (χ3n) is 1.17. The van der Waals surface area contributed by atoms with Crippen molar-refractivity contribution >= 4 is 0 Å². The van der Waals surface area contributed by atoms with Crippen LogP contribution in [0, 0.1) is 17.4 Å². The van der Waals surface area contributed by atoms with Gasteiger partial charge in [-0.1, -0.05) is 0 Å². The van der Waals surface area contributed by atoms with E-state index in [4.69, 9.17) is 5.26 Å².